The smallest absolute Gasteiger partial charge is 0.332 e. The van der Waals surface area contributed by atoms with Gasteiger partial charge in [0, 0.05) is 11.8 Å². The van der Waals surface area contributed by atoms with Crippen LogP contribution < -0.4 is 5.32 Å². The van der Waals surface area contributed by atoms with Crippen molar-refractivity contribution in [2.45, 2.75) is 6.04 Å². The second-order valence-corrected chi connectivity index (χ2v) is 4.17. The second kappa shape index (κ2) is 6.14. The monoisotopic (exact) mass is 277 g/mol. The van der Waals surface area contributed by atoms with Gasteiger partial charge in [0.1, 0.15) is 11.6 Å². The lowest BCUT2D eigenvalue weighted by atomic mass is 10.1. The van der Waals surface area contributed by atoms with E-state index in [1.54, 1.807) is 24.3 Å². The van der Waals surface area contributed by atoms with Crippen molar-refractivity contribution in [2.75, 3.05) is 12.4 Å². The minimum Gasteiger partial charge on any atom is -0.467 e. The van der Waals surface area contributed by atoms with E-state index in [0.29, 0.717) is 5.69 Å². The molecule has 0 saturated heterocycles. The van der Waals surface area contributed by atoms with Gasteiger partial charge in [-0.1, -0.05) is 18.2 Å². The highest BCUT2D eigenvalue weighted by molar-refractivity contribution is 5.81. The molecule has 104 valence electrons. The summed E-state index contributed by atoms with van der Waals surface area (Å²) in [6, 6.07) is 10.8. The number of rotatable bonds is 4. The normalized spacial score (nSPS) is 11.8. The third-order valence-corrected chi connectivity index (χ3v) is 2.74. The Morgan fingerprint density at radius 2 is 1.70 bits per heavy atom. The Morgan fingerprint density at radius 1 is 1.10 bits per heavy atom. The molecule has 0 aliphatic heterocycles. The lowest BCUT2D eigenvalue weighted by Crippen LogP contribution is -2.22. The molecule has 0 aliphatic rings. The number of nitrogens with one attached hydrogen (secondary N) is 1. The highest BCUT2D eigenvalue weighted by Crippen LogP contribution is 2.22. The van der Waals surface area contributed by atoms with Crippen molar-refractivity contribution in [3.8, 4) is 0 Å². The molecule has 5 heteroatoms. The summed E-state index contributed by atoms with van der Waals surface area (Å²) in [4.78, 5) is 11.8. The van der Waals surface area contributed by atoms with E-state index in [0.717, 1.165) is 18.2 Å². The van der Waals surface area contributed by atoms with E-state index in [2.05, 4.69) is 10.1 Å². The topological polar surface area (TPSA) is 38.3 Å². The van der Waals surface area contributed by atoms with Gasteiger partial charge in [0.15, 0.2) is 6.04 Å². The minimum absolute atomic E-state index is 0.165. The Labute approximate surface area is 115 Å². The Hall–Kier alpha value is -2.43. The molecule has 0 fully saturated rings. The summed E-state index contributed by atoms with van der Waals surface area (Å²) in [6.07, 6.45) is 0. The third kappa shape index (κ3) is 3.32. The molecule has 1 N–H and O–H groups in total. The lowest BCUT2D eigenvalue weighted by molar-refractivity contribution is -0.141. The number of anilines is 1. The van der Waals surface area contributed by atoms with Crippen molar-refractivity contribution in [1.82, 2.24) is 0 Å². The molecule has 2 rings (SSSR count). The molecule has 20 heavy (non-hydrogen) atoms. The molecular weight excluding hydrogens is 264 g/mol. The molecule has 0 heterocycles. The van der Waals surface area contributed by atoms with Gasteiger partial charge < -0.3 is 10.1 Å². The summed E-state index contributed by atoms with van der Waals surface area (Å²) >= 11 is 0. The van der Waals surface area contributed by atoms with Crippen LogP contribution in [-0.4, -0.2) is 13.1 Å². The van der Waals surface area contributed by atoms with Crippen LogP contribution in [0.1, 0.15) is 11.6 Å². The fraction of sp³-hybridized carbons (Fsp3) is 0.133. The third-order valence-electron chi connectivity index (χ3n) is 2.74. The van der Waals surface area contributed by atoms with E-state index in [1.165, 1.54) is 7.11 Å². The van der Waals surface area contributed by atoms with Crippen LogP contribution >= 0.6 is 0 Å². The molecule has 0 aliphatic carbocycles. The summed E-state index contributed by atoms with van der Waals surface area (Å²) < 4.78 is 31.2. The van der Waals surface area contributed by atoms with Crippen LogP contribution in [0, 0.1) is 11.6 Å². The molecule has 2 aromatic rings. The number of hydrogen-bond donors (Lipinski definition) is 1. The van der Waals surface area contributed by atoms with Crippen molar-refractivity contribution in [2.24, 2.45) is 0 Å². The SMILES string of the molecule is COC(=O)C(Nc1ccccc1)c1cc(F)cc(F)c1. The molecule has 0 saturated carbocycles. The van der Waals surface area contributed by atoms with Crippen LogP contribution in [0.15, 0.2) is 48.5 Å². The lowest BCUT2D eigenvalue weighted by Gasteiger charge is -2.18. The highest BCUT2D eigenvalue weighted by atomic mass is 19.1. The number of para-hydroxylation sites is 1. The highest BCUT2D eigenvalue weighted by Gasteiger charge is 2.22. The predicted octanol–water partition coefficient (Wildman–Crippen LogP) is 3.29. The molecule has 0 radical (unpaired) electrons. The first-order valence-electron chi connectivity index (χ1n) is 5.95. The van der Waals surface area contributed by atoms with Gasteiger partial charge >= 0.3 is 5.97 Å². The van der Waals surface area contributed by atoms with E-state index < -0.39 is 23.6 Å². The number of esters is 1. The number of halogens is 2. The molecular formula is C15H13F2NO2. The van der Waals surface area contributed by atoms with E-state index in [4.69, 9.17) is 0 Å². The summed E-state index contributed by atoms with van der Waals surface area (Å²) in [5.41, 5.74) is 0.811. The fourth-order valence-electron chi connectivity index (χ4n) is 1.84. The standard InChI is InChI=1S/C15H13F2NO2/c1-20-15(19)14(18-13-5-3-2-4-6-13)10-7-11(16)9-12(17)8-10/h2-9,14,18H,1H3. The van der Waals surface area contributed by atoms with Gasteiger partial charge in [-0.2, -0.15) is 0 Å². The number of hydrogen-bond acceptors (Lipinski definition) is 3. The van der Waals surface area contributed by atoms with Gasteiger partial charge in [0.2, 0.25) is 0 Å². The zero-order valence-corrected chi connectivity index (χ0v) is 10.8. The number of ether oxygens (including phenoxy) is 1. The first-order chi connectivity index (χ1) is 9.60. The molecule has 0 aromatic heterocycles. The van der Waals surface area contributed by atoms with Crippen LogP contribution in [0.25, 0.3) is 0 Å². The molecule has 1 unspecified atom stereocenters. The Kier molecular flexibility index (Phi) is 4.30. The van der Waals surface area contributed by atoms with Crippen LogP contribution in [-0.2, 0) is 9.53 Å². The van der Waals surface area contributed by atoms with Crippen LogP contribution in [0.5, 0.6) is 0 Å². The Morgan fingerprint density at radius 3 is 2.25 bits per heavy atom. The number of carbonyl (C=O) groups is 1. The van der Waals surface area contributed by atoms with Gasteiger partial charge in [0.05, 0.1) is 7.11 Å². The number of benzene rings is 2. The number of methoxy groups -OCH3 is 1. The van der Waals surface area contributed by atoms with E-state index in [1.807, 2.05) is 6.07 Å². The molecule has 1 atom stereocenters. The summed E-state index contributed by atoms with van der Waals surface area (Å²) in [5.74, 6) is -2.12. The zero-order valence-electron chi connectivity index (χ0n) is 10.8. The maximum Gasteiger partial charge on any atom is 0.332 e. The summed E-state index contributed by atoms with van der Waals surface area (Å²) in [6.45, 7) is 0. The number of carbonyl (C=O) groups excluding carboxylic acids is 1. The first kappa shape index (κ1) is 14.0. The quantitative estimate of drug-likeness (QED) is 0.871. The zero-order chi connectivity index (χ0) is 14.5. The summed E-state index contributed by atoms with van der Waals surface area (Å²) in [5, 5.41) is 2.89. The van der Waals surface area contributed by atoms with Crippen molar-refractivity contribution in [1.29, 1.82) is 0 Å². The summed E-state index contributed by atoms with van der Waals surface area (Å²) in [7, 11) is 1.22. The van der Waals surface area contributed by atoms with Gasteiger partial charge in [-0.15, -0.1) is 0 Å². The van der Waals surface area contributed by atoms with Crippen LogP contribution in [0.2, 0.25) is 0 Å². The predicted molar refractivity (Wildman–Crippen MR) is 71.2 cm³/mol. The maximum atomic E-state index is 13.3. The van der Waals surface area contributed by atoms with Gasteiger partial charge in [-0.3, -0.25) is 0 Å². The average Bonchev–Trinajstić information content (AvgIpc) is 2.44. The molecule has 2 aromatic carbocycles. The van der Waals surface area contributed by atoms with E-state index in [-0.39, 0.29) is 5.56 Å². The van der Waals surface area contributed by atoms with E-state index >= 15 is 0 Å². The average molecular weight is 277 g/mol. The fourth-order valence-corrected chi connectivity index (χ4v) is 1.84. The largest absolute Gasteiger partial charge is 0.467 e. The van der Waals surface area contributed by atoms with Crippen molar-refractivity contribution in [3.63, 3.8) is 0 Å². The first-order valence-corrected chi connectivity index (χ1v) is 5.95. The van der Waals surface area contributed by atoms with Crippen molar-refractivity contribution < 1.29 is 18.3 Å². The molecule has 0 amide bonds. The van der Waals surface area contributed by atoms with Gasteiger partial charge in [0.25, 0.3) is 0 Å². The van der Waals surface area contributed by atoms with Crippen LogP contribution in [0.4, 0.5) is 14.5 Å². The van der Waals surface area contributed by atoms with E-state index in [9.17, 15) is 13.6 Å². The Bertz CT molecular complexity index is 582. The minimum atomic E-state index is -0.979. The maximum absolute atomic E-state index is 13.3. The van der Waals surface area contributed by atoms with Crippen molar-refractivity contribution >= 4 is 11.7 Å². The molecule has 3 nitrogen and oxygen atoms in total. The van der Waals surface area contributed by atoms with Gasteiger partial charge in [-0.25, -0.2) is 13.6 Å². The van der Waals surface area contributed by atoms with Crippen LogP contribution in [0.3, 0.4) is 0 Å². The van der Waals surface area contributed by atoms with Gasteiger partial charge in [-0.05, 0) is 29.8 Å². The Balaban J connectivity index is 2.34. The molecule has 0 bridgehead atoms. The molecule has 0 spiro atoms. The van der Waals surface area contributed by atoms with Crippen molar-refractivity contribution in [3.05, 3.63) is 65.7 Å². The second-order valence-electron chi connectivity index (χ2n) is 4.17.